The molecule has 0 aliphatic heterocycles. The normalized spacial score (nSPS) is 11.7. The Kier molecular flexibility index (Phi) is 8.08. The van der Waals surface area contributed by atoms with Crippen molar-refractivity contribution in [3.8, 4) is 11.3 Å². The smallest absolute Gasteiger partial charge is 0.461 e. The summed E-state index contributed by atoms with van der Waals surface area (Å²) in [5, 5.41) is 1.71. The van der Waals surface area contributed by atoms with E-state index in [-0.39, 0.29) is 30.0 Å². The summed E-state index contributed by atoms with van der Waals surface area (Å²) in [7, 11) is 0. The number of hydrogen-bond acceptors (Lipinski definition) is 9. The largest absolute Gasteiger partial charge is 0.519 e. The van der Waals surface area contributed by atoms with Crippen LogP contribution in [0.4, 0.5) is 4.79 Å². The molecule has 0 spiro atoms. The standard InChI is InChI=1S/C19H21NO8S/c1-11(2)26-17(22)14(20-12(3)21)10-29-19(24)25-9-15-16(28-18(23)27-15)13-7-5-4-6-8-13/h4-8,11,14H,9-10H2,1-3H3,(H,20,21)/t14-/m0/s1. The molecular formula is C19H21NO8S. The van der Waals surface area contributed by atoms with Crippen molar-refractivity contribution in [3.63, 3.8) is 0 Å². The van der Waals surface area contributed by atoms with E-state index in [1.807, 2.05) is 0 Å². The molecule has 1 aromatic heterocycles. The van der Waals surface area contributed by atoms with Gasteiger partial charge in [0.05, 0.1) is 6.10 Å². The number of benzene rings is 1. The van der Waals surface area contributed by atoms with Crippen molar-refractivity contribution in [3.05, 3.63) is 46.7 Å². The number of ether oxygens (including phenoxy) is 2. The minimum Gasteiger partial charge on any atom is -0.461 e. The van der Waals surface area contributed by atoms with E-state index in [0.29, 0.717) is 17.3 Å². The third-order valence-electron chi connectivity index (χ3n) is 3.38. The summed E-state index contributed by atoms with van der Waals surface area (Å²) >= 11 is 0.683. The summed E-state index contributed by atoms with van der Waals surface area (Å²) in [6, 6.07) is 7.74. The predicted molar refractivity (Wildman–Crippen MR) is 104 cm³/mol. The molecule has 0 saturated carbocycles. The van der Waals surface area contributed by atoms with Gasteiger partial charge in [-0.3, -0.25) is 4.79 Å². The van der Waals surface area contributed by atoms with Crippen LogP contribution >= 0.6 is 11.8 Å². The van der Waals surface area contributed by atoms with E-state index < -0.39 is 29.0 Å². The number of rotatable bonds is 8. The van der Waals surface area contributed by atoms with Gasteiger partial charge >= 0.3 is 17.1 Å². The molecule has 10 heteroatoms. The molecule has 1 heterocycles. The number of hydrogen-bond donors (Lipinski definition) is 1. The molecule has 2 aromatic rings. The maximum Gasteiger partial charge on any atom is 0.519 e. The Morgan fingerprint density at radius 1 is 1.14 bits per heavy atom. The summed E-state index contributed by atoms with van der Waals surface area (Å²) in [5.74, 6) is -1.84. The van der Waals surface area contributed by atoms with Gasteiger partial charge < -0.3 is 23.6 Å². The molecule has 29 heavy (non-hydrogen) atoms. The quantitative estimate of drug-likeness (QED) is 0.638. The van der Waals surface area contributed by atoms with Gasteiger partial charge in [0.2, 0.25) is 5.91 Å². The average molecular weight is 423 g/mol. The van der Waals surface area contributed by atoms with Crippen LogP contribution in [0, 0.1) is 0 Å². The fraction of sp³-hybridized carbons (Fsp3) is 0.368. The van der Waals surface area contributed by atoms with Gasteiger partial charge in [0.1, 0.15) is 6.04 Å². The Morgan fingerprint density at radius 3 is 2.45 bits per heavy atom. The highest BCUT2D eigenvalue weighted by atomic mass is 32.2. The maximum absolute atomic E-state index is 12.0. The molecule has 1 amide bonds. The molecule has 0 bridgehead atoms. The molecule has 0 saturated heterocycles. The molecule has 0 unspecified atom stereocenters. The predicted octanol–water partition coefficient (Wildman–Crippen LogP) is 2.73. The third-order valence-corrected chi connectivity index (χ3v) is 4.24. The van der Waals surface area contributed by atoms with Crippen molar-refractivity contribution in [2.75, 3.05) is 5.75 Å². The highest BCUT2D eigenvalue weighted by Gasteiger charge is 2.24. The van der Waals surface area contributed by atoms with E-state index in [2.05, 4.69) is 5.32 Å². The van der Waals surface area contributed by atoms with Gasteiger partial charge in [-0.1, -0.05) is 30.3 Å². The van der Waals surface area contributed by atoms with Gasteiger partial charge in [-0.15, -0.1) is 0 Å². The first-order valence-corrected chi connectivity index (χ1v) is 9.70. The highest BCUT2D eigenvalue weighted by Crippen LogP contribution is 2.24. The molecule has 1 aromatic carbocycles. The number of carbonyl (C=O) groups excluding carboxylic acids is 3. The van der Waals surface area contributed by atoms with E-state index in [4.69, 9.17) is 18.3 Å². The van der Waals surface area contributed by atoms with Crippen LogP contribution in [0.15, 0.2) is 44.0 Å². The third kappa shape index (κ3) is 7.15. The zero-order valence-corrected chi connectivity index (χ0v) is 16.9. The SMILES string of the molecule is CC(=O)N[C@@H](CSC(=O)OCc1oc(=O)oc1-c1ccccc1)C(=O)OC(C)C. The average Bonchev–Trinajstić information content (AvgIpc) is 3.04. The van der Waals surface area contributed by atoms with Crippen LogP contribution in [0.25, 0.3) is 11.3 Å². The van der Waals surface area contributed by atoms with Gasteiger partial charge in [0.25, 0.3) is 0 Å². The van der Waals surface area contributed by atoms with Gasteiger partial charge in [-0.05, 0) is 25.6 Å². The molecule has 0 aliphatic carbocycles. The second-order valence-electron chi connectivity index (χ2n) is 6.16. The minimum absolute atomic E-state index is 0.0628. The number of carbonyl (C=O) groups is 3. The maximum atomic E-state index is 12.0. The topological polar surface area (TPSA) is 125 Å². The summed E-state index contributed by atoms with van der Waals surface area (Å²) < 4.78 is 20.1. The Balaban J connectivity index is 1.95. The van der Waals surface area contributed by atoms with Crippen LogP contribution < -0.4 is 11.1 Å². The first kappa shape index (κ1) is 22.3. The molecule has 0 radical (unpaired) electrons. The lowest BCUT2D eigenvalue weighted by Gasteiger charge is -2.17. The lowest BCUT2D eigenvalue weighted by molar-refractivity contribution is -0.150. The second kappa shape index (κ2) is 10.5. The first-order valence-electron chi connectivity index (χ1n) is 8.71. The van der Waals surface area contributed by atoms with E-state index in [1.54, 1.807) is 44.2 Å². The van der Waals surface area contributed by atoms with Crippen molar-refractivity contribution in [1.82, 2.24) is 5.32 Å². The van der Waals surface area contributed by atoms with E-state index in [9.17, 15) is 19.2 Å². The summed E-state index contributed by atoms with van der Waals surface area (Å²) in [6.45, 7) is 4.27. The van der Waals surface area contributed by atoms with E-state index in [1.165, 1.54) is 6.92 Å². The van der Waals surface area contributed by atoms with Crippen LogP contribution in [-0.4, -0.2) is 35.1 Å². The van der Waals surface area contributed by atoms with Crippen LogP contribution in [0.2, 0.25) is 0 Å². The Labute approximate surface area is 170 Å². The molecular weight excluding hydrogens is 402 g/mol. The zero-order valence-electron chi connectivity index (χ0n) is 16.1. The van der Waals surface area contributed by atoms with E-state index >= 15 is 0 Å². The lowest BCUT2D eigenvalue weighted by Crippen LogP contribution is -2.43. The Morgan fingerprint density at radius 2 is 1.83 bits per heavy atom. The molecule has 0 aliphatic rings. The number of thioether (sulfide) groups is 1. The van der Waals surface area contributed by atoms with Crippen molar-refractivity contribution in [2.24, 2.45) is 0 Å². The number of esters is 1. The monoisotopic (exact) mass is 423 g/mol. The van der Waals surface area contributed by atoms with Gasteiger partial charge in [0.15, 0.2) is 18.1 Å². The van der Waals surface area contributed by atoms with Crippen LogP contribution in [0.5, 0.6) is 0 Å². The molecule has 0 fully saturated rings. The van der Waals surface area contributed by atoms with Crippen LogP contribution in [0.3, 0.4) is 0 Å². The summed E-state index contributed by atoms with van der Waals surface area (Å²) in [6.07, 6.45) is -0.365. The van der Waals surface area contributed by atoms with Gasteiger partial charge in [0, 0.05) is 18.2 Å². The van der Waals surface area contributed by atoms with Crippen molar-refractivity contribution >= 4 is 28.9 Å². The number of nitrogens with one attached hydrogen (secondary N) is 1. The van der Waals surface area contributed by atoms with Crippen LogP contribution in [0.1, 0.15) is 26.5 Å². The van der Waals surface area contributed by atoms with Crippen LogP contribution in [-0.2, 0) is 25.7 Å². The number of amides is 1. The summed E-state index contributed by atoms with van der Waals surface area (Å²) in [5.41, 5.74) is 0.596. The van der Waals surface area contributed by atoms with Gasteiger partial charge in [-0.2, -0.15) is 0 Å². The van der Waals surface area contributed by atoms with Crippen molar-refractivity contribution < 1.29 is 32.7 Å². The highest BCUT2D eigenvalue weighted by molar-refractivity contribution is 8.13. The summed E-state index contributed by atoms with van der Waals surface area (Å²) in [4.78, 5) is 46.8. The molecule has 1 atom stereocenters. The fourth-order valence-corrected chi connectivity index (χ4v) is 2.92. The minimum atomic E-state index is -1.00. The van der Waals surface area contributed by atoms with E-state index in [0.717, 1.165) is 0 Å². The molecule has 1 N–H and O–H groups in total. The van der Waals surface area contributed by atoms with Crippen molar-refractivity contribution in [2.45, 2.75) is 39.5 Å². The molecule has 156 valence electrons. The second-order valence-corrected chi connectivity index (χ2v) is 7.12. The van der Waals surface area contributed by atoms with Gasteiger partial charge in [-0.25, -0.2) is 14.4 Å². The molecule has 2 rings (SSSR count). The fourth-order valence-electron chi connectivity index (χ4n) is 2.26. The molecule has 9 nitrogen and oxygen atoms in total. The lowest BCUT2D eigenvalue weighted by atomic mass is 10.1. The zero-order chi connectivity index (χ0) is 21.4. The first-order chi connectivity index (χ1) is 13.8. The van der Waals surface area contributed by atoms with Crippen molar-refractivity contribution in [1.29, 1.82) is 0 Å². The Hall–Kier alpha value is -3.01. The Bertz CT molecular complexity index is 902.